The van der Waals surface area contributed by atoms with Crippen LogP contribution in [0.2, 0.25) is 0 Å². The Bertz CT molecular complexity index is 374. The van der Waals surface area contributed by atoms with Crippen LogP contribution >= 0.6 is 11.8 Å². The van der Waals surface area contributed by atoms with Gasteiger partial charge in [-0.05, 0) is 12.1 Å². The fourth-order valence-electron chi connectivity index (χ4n) is 0.999. The van der Waals surface area contributed by atoms with Gasteiger partial charge >= 0.3 is 0 Å². The third-order valence-electron chi connectivity index (χ3n) is 1.54. The van der Waals surface area contributed by atoms with Crippen molar-refractivity contribution in [3.63, 3.8) is 0 Å². The molecule has 4 heteroatoms. The van der Waals surface area contributed by atoms with Gasteiger partial charge in [-0.2, -0.15) is 0 Å². The van der Waals surface area contributed by atoms with Crippen LogP contribution in [0.4, 0.5) is 5.69 Å². The molecule has 0 saturated carbocycles. The Morgan fingerprint density at radius 3 is 3.08 bits per heavy atom. The molecular weight excluding hydrogens is 184 g/mol. The summed E-state index contributed by atoms with van der Waals surface area (Å²) in [6, 6.07) is 6.83. The van der Waals surface area contributed by atoms with Gasteiger partial charge in [0.2, 0.25) is 0 Å². The van der Waals surface area contributed by atoms with Crippen LogP contribution in [0.15, 0.2) is 34.3 Å². The van der Waals surface area contributed by atoms with Gasteiger partial charge in [0.1, 0.15) is 5.75 Å². The average Bonchev–Trinajstić information content (AvgIpc) is 2.57. The third-order valence-corrected chi connectivity index (χ3v) is 2.31. The molecular formula is C9H8N2OS. The predicted molar refractivity (Wildman–Crippen MR) is 56.2 cm³/mol. The van der Waals surface area contributed by atoms with Gasteiger partial charge in [-0.1, -0.05) is 17.8 Å². The summed E-state index contributed by atoms with van der Waals surface area (Å²) < 4.78 is 0. The van der Waals surface area contributed by atoms with Gasteiger partial charge in [-0.15, -0.1) is 0 Å². The number of benzene rings is 1. The number of phenols is 1. The highest BCUT2D eigenvalue weighted by Crippen LogP contribution is 2.21. The number of nitrogens with zero attached hydrogens (tertiary/aromatic N) is 2. The minimum absolute atomic E-state index is 0.230. The first-order valence-corrected chi connectivity index (χ1v) is 4.86. The van der Waals surface area contributed by atoms with Gasteiger partial charge in [0.25, 0.3) is 0 Å². The lowest BCUT2D eigenvalue weighted by Gasteiger charge is -1.95. The Labute approximate surface area is 80.2 Å². The van der Waals surface area contributed by atoms with Gasteiger partial charge in [0.15, 0.2) is 5.17 Å². The Hall–Kier alpha value is -1.29. The Morgan fingerprint density at radius 1 is 1.46 bits per heavy atom. The maximum absolute atomic E-state index is 9.17. The molecule has 1 aliphatic heterocycles. The number of phenolic OH excluding ortho intramolecular Hbond substituents is 1. The fraction of sp³-hybridized carbons (Fsp3) is 0.111. The fourth-order valence-corrected chi connectivity index (χ4v) is 1.62. The number of rotatable bonds is 1. The largest absolute Gasteiger partial charge is 0.508 e. The van der Waals surface area contributed by atoms with E-state index in [4.69, 9.17) is 0 Å². The number of amidine groups is 1. The molecule has 0 amide bonds. The summed E-state index contributed by atoms with van der Waals surface area (Å²) in [5, 5.41) is 9.93. The van der Waals surface area contributed by atoms with E-state index in [1.807, 2.05) is 12.3 Å². The highest BCUT2D eigenvalue weighted by molar-refractivity contribution is 8.14. The van der Waals surface area contributed by atoms with Gasteiger partial charge < -0.3 is 5.11 Å². The molecule has 0 atom stereocenters. The lowest BCUT2D eigenvalue weighted by Crippen LogP contribution is -1.78. The van der Waals surface area contributed by atoms with Gasteiger partial charge in [-0.3, -0.25) is 0 Å². The second-order valence-corrected chi connectivity index (χ2v) is 3.52. The smallest absolute Gasteiger partial charge is 0.188 e. The molecule has 2 rings (SSSR count). The van der Waals surface area contributed by atoms with E-state index in [9.17, 15) is 5.11 Å². The van der Waals surface area contributed by atoms with Crippen molar-refractivity contribution >= 4 is 28.8 Å². The summed E-state index contributed by atoms with van der Waals surface area (Å²) in [7, 11) is 0. The lowest BCUT2D eigenvalue weighted by molar-refractivity contribution is 0.475. The van der Waals surface area contributed by atoms with E-state index in [-0.39, 0.29) is 5.75 Å². The van der Waals surface area contributed by atoms with E-state index < -0.39 is 0 Å². The maximum Gasteiger partial charge on any atom is 0.188 e. The van der Waals surface area contributed by atoms with E-state index in [1.165, 1.54) is 0 Å². The minimum atomic E-state index is 0.230. The van der Waals surface area contributed by atoms with E-state index in [0.29, 0.717) is 0 Å². The zero-order valence-electron chi connectivity index (χ0n) is 6.84. The molecule has 0 aromatic heterocycles. The van der Waals surface area contributed by atoms with Crippen LogP contribution in [0.1, 0.15) is 0 Å². The number of hydrogen-bond donors (Lipinski definition) is 1. The number of thioether (sulfide) groups is 1. The van der Waals surface area contributed by atoms with Crippen LogP contribution in [0, 0.1) is 0 Å². The molecule has 1 N–H and O–H groups in total. The normalized spacial score (nSPS) is 18.3. The van der Waals surface area contributed by atoms with E-state index >= 15 is 0 Å². The van der Waals surface area contributed by atoms with Crippen molar-refractivity contribution in [2.75, 3.05) is 5.75 Å². The molecule has 3 nitrogen and oxygen atoms in total. The molecule has 0 unspecified atom stereocenters. The van der Waals surface area contributed by atoms with E-state index in [2.05, 4.69) is 9.98 Å². The maximum atomic E-state index is 9.17. The molecule has 1 aliphatic rings. The molecule has 0 saturated heterocycles. The number of aromatic hydroxyl groups is 1. The zero-order valence-corrected chi connectivity index (χ0v) is 7.66. The first kappa shape index (κ1) is 8.31. The molecule has 66 valence electrons. The van der Waals surface area contributed by atoms with Crippen molar-refractivity contribution in [1.29, 1.82) is 0 Å². The summed E-state index contributed by atoms with van der Waals surface area (Å²) in [6.07, 6.45) is 1.83. The topological polar surface area (TPSA) is 45.0 Å². The van der Waals surface area contributed by atoms with Crippen LogP contribution in [0.5, 0.6) is 5.75 Å². The lowest BCUT2D eigenvalue weighted by atomic mass is 10.3. The first-order chi connectivity index (χ1) is 6.34. The second-order valence-electron chi connectivity index (χ2n) is 2.54. The summed E-state index contributed by atoms with van der Waals surface area (Å²) in [4.78, 5) is 8.31. The molecule has 1 aromatic rings. The van der Waals surface area contributed by atoms with Gasteiger partial charge in [0, 0.05) is 18.0 Å². The van der Waals surface area contributed by atoms with Crippen LogP contribution < -0.4 is 0 Å². The van der Waals surface area contributed by atoms with Crippen LogP contribution in [-0.2, 0) is 0 Å². The quantitative estimate of drug-likeness (QED) is 0.741. The molecule has 0 spiro atoms. The average molecular weight is 192 g/mol. The molecule has 1 aromatic carbocycles. The SMILES string of the molecule is Oc1cccc(N=C2N=CCS2)c1. The minimum Gasteiger partial charge on any atom is -0.508 e. The van der Waals surface area contributed by atoms with Gasteiger partial charge in [-0.25, -0.2) is 9.98 Å². The van der Waals surface area contributed by atoms with Crippen molar-refractivity contribution in [2.45, 2.75) is 0 Å². The molecule has 0 fully saturated rings. The van der Waals surface area contributed by atoms with Crippen molar-refractivity contribution in [2.24, 2.45) is 9.98 Å². The number of aliphatic imine (C=N–C) groups is 2. The Morgan fingerprint density at radius 2 is 2.38 bits per heavy atom. The van der Waals surface area contributed by atoms with Crippen LogP contribution in [-0.4, -0.2) is 22.2 Å². The molecule has 13 heavy (non-hydrogen) atoms. The summed E-state index contributed by atoms with van der Waals surface area (Å²) >= 11 is 1.59. The van der Waals surface area contributed by atoms with Crippen molar-refractivity contribution < 1.29 is 5.11 Å². The molecule has 1 heterocycles. The summed E-state index contributed by atoms with van der Waals surface area (Å²) in [5.41, 5.74) is 0.738. The highest BCUT2D eigenvalue weighted by atomic mass is 32.2. The predicted octanol–water partition coefficient (Wildman–Crippen LogP) is 2.20. The Balaban J connectivity index is 2.26. The van der Waals surface area contributed by atoms with Crippen LogP contribution in [0.25, 0.3) is 0 Å². The van der Waals surface area contributed by atoms with Crippen molar-refractivity contribution in [3.05, 3.63) is 24.3 Å². The Kier molecular flexibility index (Phi) is 2.31. The second kappa shape index (κ2) is 3.62. The van der Waals surface area contributed by atoms with Crippen molar-refractivity contribution in [3.8, 4) is 5.75 Å². The molecule has 0 bridgehead atoms. The van der Waals surface area contributed by atoms with Gasteiger partial charge in [0.05, 0.1) is 5.69 Å². The zero-order chi connectivity index (χ0) is 9.10. The monoisotopic (exact) mass is 192 g/mol. The van der Waals surface area contributed by atoms with Crippen LogP contribution in [0.3, 0.4) is 0 Å². The molecule has 0 radical (unpaired) electrons. The third kappa shape index (κ3) is 2.09. The molecule has 0 aliphatic carbocycles. The summed E-state index contributed by atoms with van der Waals surface area (Å²) in [5.74, 6) is 1.12. The highest BCUT2D eigenvalue weighted by Gasteiger charge is 2.02. The number of hydrogen-bond acceptors (Lipinski definition) is 3. The summed E-state index contributed by atoms with van der Waals surface area (Å²) in [6.45, 7) is 0. The van der Waals surface area contributed by atoms with Crippen molar-refractivity contribution in [1.82, 2.24) is 0 Å². The van der Waals surface area contributed by atoms with E-state index in [1.54, 1.807) is 30.0 Å². The standard InChI is InChI=1S/C9H8N2OS/c12-8-3-1-2-7(6-8)11-9-10-4-5-13-9/h1-4,6,12H,5H2. The van der Waals surface area contributed by atoms with E-state index in [0.717, 1.165) is 16.6 Å². The first-order valence-electron chi connectivity index (χ1n) is 3.88.